The Morgan fingerprint density at radius 2 is 2.04 bits per heavy atom. The highest BCUT2D eigenvalue weighted by Gasteiger charge is 2.16. The lowest BCUT2D eigenvalue weighted by Gasteiger charge is -2.13. The molecular formula is C19H17ClN2O4. The summed E-state index contributed by atoms with van der Waals surface area (Å²) >= 11 is 5.95. The molecule has 3 aromatic rings. The number of aromatic amines is 1. The highest BCUT2D eigenvalue weighted by molar-refractivity contribution is 6.31. The summed E-state index contributed by atoms with van der Waals surface area (Å²) in [5.74, 6) is 0.235. The van der Waals surface area contributed by atoms with E-state index in [-0.39, 0.29) is 18.0 Å². The molecule has 0 saturated carbocycles. The van der Waals surface area contributed by atoms with Crippen LogP contribution in [0.25, 0.3) is 10.9 Å². The molecule has 0 aliphatic heterocycles. The minimum absolute atomic E-state index is 0.261. The zero-order chi connectivity index (χ0) is 18.7. The van der Waals surface area contributed by atoms with Crippen molar-refractivity contribution < 1.29 is 14.3 Å². The third kappa shape index (κ3) is 4.03. The summed E-state index contributed by atoms with van der Waals surface area (Å²) in [6, 6.07) is 12.1. The second-order valence-electron chi connectivity index (χ2n) is 5.80. The predicted molar refractivity (Wildman–Crippen MR) is 98.6 cm³/mol. The Kier molecular flexibility index (Phi) is 5.23. The van der Waals surface area contributed by atoms with Gasteiger partial charge in [-0.2, -0.15) is 0 Å². The van der Waals surface area contributed by atoms with Crippen molar-refractivity contribution in [2.24, 2.45) is 0 Å². The average Bonchev–Trinajstić information content (AvgIpc) is 2.62. The van der Waals surface area contributed by atoms with Crippen LogP contribution >= 0.6 is 11.6 Å². The summed E-state index contributed by atoms with van der Waals surface area (Å²) < 4.78 is 10.7. The molecule has 0 amide bonds. The quantitative estimate of drug-likeness (QED) is 0.692. The first-order chi connectivity index (χ1) is 12.4. The second-order valence-corrected chi connectivity index (χ2v) is 6.21. The van der Waals surface area contributed by atoms with Gasteiger partial charge in [0.1, 0.15) is 5.75 Å². The number of benzene rings is 2. The van der Waals surface area contributed by atoms with Gasteiger partial charge in [0.15, 0.2) is 18.5 Å². The van der Waals surface area contributed by atoms with Crippen molar-refractivity contribution >= 4 is 28.5 Å². The molecule has 3 rings (SSSR count). The van der Waals surface area contributed by atoms with E-state index in [0.29, 0.717) is 21.7 Å². The van der Waals surface area contributed by atoms with Gasteiger partial charge in [0.2, 0.25) is 0 Å². The molecule has 0 aliphatic carbocycles. The number of para-hydroxylation sites is 1. The van der Waals surface area contributed by atoms with Crippen LogP contribution < -0.4 is 10.3 Å². The van der Waals surface area contributed by atoms with Gasteiger partial charge < -0.3 is 14.5 Å². The zero-order valence-electron chi connectivity index (χ0n) is 14.3. The normalized spacial score (nSPS) is 12.0. The summed E-state index contributed by atoms with van der Waals surface area (Å²) in [4.78, 5) is 31.1. The van der Waals surface area contributed by atoms with Crippen LogP contribution in [0.15, 0.2) is 47.3 Å². The number of carbonyl (C=O) groups is 1. The molecule has 0 saturated heterocycles. The molecule has 0 bridgehead atoms. The lowest BCUT2D eigenvalue weighted by Crippen LogP contribution is -2.20. The molecule has 1 aromatic heterocycles. The lowest BCUT2D eigenvalue weighted by molar-refractivity contribution is -0.151. The number of hydrogen-bond donors (Lipinski definition) is 1. The van der Waals surface area contributed by atoms with Crippen LogP contribution in [0.2, 0.25) is 5.02 Å². The fourth-order valence-electron chi connectivity index (χ4n) is 2.43. The molecule has 0 spiro atoms. The molecule has 134 valence electrons. The number of carbonyl (C=O) groups excluding carboxylic acids is 1. The number of aryl methyl sites for hydroxylation is 1. The van der Waals surface area contributed by atoms with Crippen LogP contribution in [0.4, 0.5) is 0 Å². The van der Waals surface area contributed by atoms with Gasteiger partial charge in [-0.1, -0.05) is 23.7 Å². The number of aromatic nitrogens is 2. The maximum atomic E-state index is 12.1. The van der Waals surface area contributed by atoms with Gasteiger partial charge in [-0.25, -0.2) is 9.78 Å². The van der Waals surface area contributed by atoms with Crippen LogP contribution in [0, 0.1) is 6.92 Å². The molecule has 1 N–H and O–H groups in total. The van der Waals surface area contributed by atoms with Crippen molar-refractivity contribution in [2.75, 3.05) is 6.61 Å². The molecule has 6 nitrogen and oxygen atoms in total. The Bertz CT molecular complexity index is 1020. The number of H-pyrrole nitrogens is 1. The van der Waals surface area contributed by atoms with E-state index in [1.807, 2.05) is 6.92 Å². The summed E-state index contributed by atoms with van der Waals surface area (Å²) in [6.07, 6.45) is -0.713. The first-order valence-corrected chi connectivity index (χ1v) is 8.39. The smallest absolute Gasteiger partial charge is 0.344 e. The minimum Gasteiger partial charge on any atom is -0.482 e. The van der Waals surface area contributed by atoms with Crippen LogP contribution in [-0.4, -0.2) is 22.5 Å². The Morgan fingerprint density at radius 1 is 1.27 bits per heavy atom. The Hall–Kier alpha value is -2.86. The van der Waals surface area contributed by atoms with Crippen LogP contribution in [0.5, 0.6) is 5.75 Å². The molecule has 1 atom stereocenters. The highest BCUT2D eigenvalue weighted by atomic mass is 35.5. The maximum absolute atomic E-state index is 12.1. The van der Waals surface area contributed by atoms with Crippen LogP contribution in [0.1, 0.15) is 24.4 Å². The van der Waals surface area contributed by atoms with Gasteiger partial charge in [0.05, 0.1) is 10.9 Å². The van der Waals surface area contributed by atoms with E-state index >= 15 is 0 Å². The standard InChI is InChI=1S/C19H17ClN2O4/c1-11-9-13(7-8-15(11)20)25-10-17(23)26-12(2)18-21-16-6-4-3-5-14(16)19(24)22-18/h3-9,12H,10H2,1-2H3,(H,21,22,24). The summed E-state index contributed by atoms with van der Waals surface area (Å²) in [6.45, 7) is 3.22. The van der Waals surface area contributed by atoms with Crippen molar-refractivity contribution in [3.63, 3.8) is 0 Å². The fourth-order valence-corrected chi connectivity index (χ4v) is 2.55. The number of nitrogens with one attached hydrogen (secondary N) is 1. The van der Waals surface area contributed by atoms with Crippen LogP contribution in [-0.2, 0) is 9.53 Å². The van der Waals surface area contributed by atoms with E-state index in [1.54, 1.807) is 49.4 Å². The van der Waals surface area contributed by atoms with Crippen molar-refractivity contribution in [2.45, 2.75) is 20.0 Å². The van der Waals surface area contributed by atoms with Gasteiger partial charge in [-0.05, 0) is 49.7 Å². The van der Waals surface area contributed by atoms with Crippen LogP contribution in [0.3, 0.4) is 0 Å². The first kappa shape index (κ1) is 17.9. The number of rotatable bonds is 5. The second kappa shape index (κ2) is 7.58. The maximum Gasteiger partial charge on any atom is 0.344 e. The zero-order valence-corrected chi connectivity index (χ0v) is 15.0. The molecule has 26 heavy (non-hydrogen) atoms. The Balaban J connectivity index is 1.65. The highest BCUT2D eigenvalue weighted by Crippen LogP contribution is 2.21. The third-order valence-electron chi connectivity index (χ3n) is 3.81. The number of esters is 1. The topological polar surface area (TPSA) is 81.3 Å². The molecule has 0 radical (unpaired) electrons. The monoisotopic (exact) mass is 372 g/mol. The molecule has 0 aliphatic rings. The van der Waals surface area contributed by atoms with Crippen molar-refractivity contribution in [1.29, 1.82) is 0 Å². The predicted octanol–water partition coefficient (Wildman–Crippen LogP) is 3.57. The lowest BCUT2D eigenvalue weighted by atomic mass is 10.2. The molecule has 7 heteroatoms. The number of hydrogen-bond acceptors (Lipinski definition) is 5. The van der Waals surface area contributed by atoms with Crippen molar-refractivity contribution in [1.82, 2.24) is 9.97 Å². The van der Waals surface area contributed by atoms with E-state index < -0.39 is 12.1 Å². The number of fused-ring (bicyclic) bond motifs is 1. The van der Waals surface area contributed by atoms with E-state index in [0.717, 1.165) is 5.56 Å². The van der Waals surface area contributed by atoms with E-state index in [2.05, 4.69) is 9.97 Å². The summed E-state index contributed by atoms with van der Waals surface area (Å²) in [7, 11) is 0. The Labute approximate surface area is 154 Å². The van der Waals surface area contributed by atoms with Crippen molar-refractivity contribution in [3.05, 3.63) is 69.2 Å². The minimum atomic E-state index is -0.713. The van der Waals surface area contributed by atoms with Gasteiger partial charge in [-0.15, -0.1) is 0 Å². The molecule has 0 fully saturated rings. The molecular weight excluding hydrogens is 356 g/mol. The van der Waals surface area contributed by atoms with Gasteiger partial charge in [0, 0.05) is 5.02 Å². The van der Waals surface area contributed by atoms with Gasteiger partial charge in [-0.3, -0.25) is 4.79 Å². The Morgan fingerprint density at radius 3 is 2.81 bits per heavy atom. The summed E-state index contributed by atoms with van der Waals surface area (Å²) in [5, 5.41) is 1.11. The van der Waals surface area contributed by atoms with E-state index in [1.165, 1.54) is 0 Å². The first-order valence-electron chi connectivity index (χ1n) is 8.01. The van der Waals surface area contributed by atoms with Gasteiger partial charge >= 0.3 is 5.97 Å². The average molecular weight is 373 g/mol. The molecule has 2 aromatic carbocycles. The fraction of sp³-hybridized carbons (Fsp3) is 0.211. The summed E-state index contributed by atoms with van der Waals surface area (Å²) in [5.41, 5.74) is 1.12. The largest absolute Gasteiger partial charge is 0.482 e. The van der Waals surface area contributed by atoms with E-state index in [4.69, 9.17) is 21.1 Å². The van der Waals surface area contributed by atoms with E-state index in [9.17, 15) is 9.59 Å². The van der Waals surface area contributed by atoms with Gasteiger partial charge in [0.25, 0.3) is 5.56 Å². The third-order valence-corrected chi connectivity index (χ3v) is 4.23. The molecule has 1 heterocycles. The number of ether oxygens (including phenoxy) is 2. The number of nitrogens with zero attached hydrogens (tertiary/aromatic N) is 1. The van der Waals surface area contributed by atoms with Crippen molar-refractivity contribution in [3.8, 4) is 5.75 Å². The number of halogens is 1. The molecule has 1 unspecified atom stereocenters. The SMILES string of the molecule is Cc1cc(OCC(=O)OC(C)c2nc3ccccc3c(=O)[nH]2)ccc1Cl.